The van der Waals surface area contributed by atoms with Crippen molar-refractivity contribution in [3.8, 4) is 0 Å². The Hall–Kier alpha value is -0.0400. The third-order valence-corrected chi connectivity index (χ3v) is 5.88. The van der Waals surface area contributed by atoms with Crippen molar-refractivity contribution in [3.05, 3.63) is 0 Å². The first-order chi connectivity index (χ1) is 6.81. The molecule has 1 heteroatoms. The van der Waals surface area contributed by atoms with Gasteiger partial charge < -0.3 is 4.74 Å². The molecule has 1 aliphatic heterocycles. The van der Waals surface area contributed by atoms with Gasteiger partial charge in [0.1, 0.15) is 0 Å². The van der Waals surface area contributed by atoms with Gasteiger partial charge in [0.2, 0.25) is 0 Å². The van der Waals surface area contributed by atoms with Crippen molar-refractivity contribution in [2.45, 2.75) is 79.4 Å². The summed E-state index contributed by atoms with van der Waals surface area (Å²) in [6.45, 7) is 16.2. The second kappa shape index (κ2) is 3.76. The summed E-state index contributed by atoms with van der Waals surface area (Å²) in [5, 5.41) is 0. The van der Waals surface area contributed by atoms with Crippen LogP contribution in [-0.4, -0.2) is 11.7 Å². The van der Waals surface area contributed by atoms with Crippen molar-refractivity contribution in [3.63, 3.8) is 0 Å². The first-order valence-electron chi connectivity index (χ1n) is 6.49. The van der Waals surface area contributed by atoms with Crippen LogP contribution in [0.2, 0.25) is 0 Å². The van der Waals surface area contributed by atoms with E-state index in [1.165, 1.54) is 12.8 Å². The van der Waals surface area contributed by atoms with Crippen molar-refractivity contribution >= 4 is 0 Å². The maximum Gasteiger partial charge on any atom is 0.0715 e. The Bertz CT molecular complexity index is 237. The number of ether oxygens (including phenoxy) is 1. The summed E-state index contributed by atoms with van der Waals surface area (Å²) in [4.78, 5) is 0. The molecule has 4 atom stereocenters. The van der Waals surface area contributed by atoms with Crippen LogP contribution in [0.3, 0.4) is 0 Å². The van der Waals surface area contributed by atoms with Gasteiger partial charge in [-0.25, -0.2) is 0 Å². The molecule has 0 spiro atoms. The van der Waals surface area contributed by atoms with Gasteiger partial charge in [0, 0.05) is 10.8 Å². The van der Waals surface area contributed by atoms with E-state index in [4.69, 9.17) is 4.74 Å². The van der Waals surface area contributed by atoms with Crippen LogP contribution in [0.25, 0.3) is 0 Å². The minimum Gasteiger partial charge on any atom is -0.371 e. The topological polar surface area (TPSA) is 9.23 Å². The summed E-state index contributed by atoms with van der Waals surface area (Å²) < 4.78 is 6.31. The fourth-order valence-electron chi connectivity index (χ4n) is 3.63. The molecule has 0 aromatic carbocycles. The second-order valence-corrected chi connectivity index (χ2v) is 5.80. The van der Waals surface area contributed by atoms with Crippen LogP contribution in [0.15, 0.2) is 0 Å². The predicted octanol–water partition coefficient (Wildman–Crippen LogP) is 4.41. The van der Waals surface area contributed by atoms with E-state index in [-0.39, 0.29) is 5.60 Å². The lowest BCUT2D eigenvalue weighted by Gasteiger charge is -2.47. The summed E-state index contributed by atoms with van der Waals surface area (Å²) in [5.41, 5.74) is 0.654. The number of rotatable bonds is 3. The minimum atomic E-state index is 0.0475. The monoisotopic (exact) mass is 212 g/mol. The van der Waals surface area contributed by atoms with Gasteiger partial charge in [0.15, 0.2) is 0 Å². The molecule has 0 amide bonds. The van der Waals surface area contributed by atoms with Gasteiger partial charge in [-0.2, -0.15) is 0 Å². The average Bonchev–Trinajstić information content (AvgIpc) is 2.39. The quantitative estimate of drug-likeness (QED) is 0.673. The normalized spacial score (nSPS) is 51.0. The Labute approximate surface area is 95.6 Å². The maximum absolute atomic E-state index is 6.31. The summed E-state index contributed by atoms with van der Waals surface area (Å²) in [6.07, 6.45) is 3.88. The van der Waals surface area contributed by atoms with Crippen LogP contribution in [0, 0.1) is 10.8 Å². The minimum absolute atomic E-state index is 0.0475. The molecule has 2 unspecified atom stereocenters. The smallest absolute Gasteiger partial charge is 0.0715 e. The number of hydrogen-bond acceptors (Lipinski definition) is 1. The highest BCUT2D eigenvalue weighted by atomic mass is 16.5. The third-order valence-electron chi connectivity index (χ3n) is 5.88. The first kappa shape index (κ1) is 13.0. The zero-order valence-electron chi connectivity index (χ0n) is 11.6. The molecular formula is C14H28O. The molecule has 0 aromatic heterocycles. The third kappa shape index (κ3) is 1.39. The highest BCUT2D eigenvalue weighted by molar-refractivity contribution is 5.10. The highest BCUT2D eigenvalue weighted by Crippen LogP contribution is 2.62. The summed E-state index contributed by atoms with van der Waals surface area (Å²) in [7, 11) is 0. The van der Waals surface area contributed by atoms with E-state index in [0.29, 0.717) is 16.9 Å². The molecule has 0 N–H and O–H groups in total. The molecule has 0 saturated carbocycles. The first-order valence-corrected chi connectivity index (χ1v) is 6.49. The van der Waals surface area contributed by atoms with Gasteiger partial charge in [-0.1, -0.05) is 34.6 Å². The molecule has 1 nitrogen and oxygen atoms in total. The highest BCUT2D eigenvalue weighted by Gasteiger charge is 2.62. The zero-order chi connectivity index (χ0) is 11.9. The molecule has 1 rings (SSSR count). The van der Waals surface area contributed by atoms with Crippen molar-refractivity contribution < 1.29 is 4.74 Å². The van der Waals surface area contributed by atoms with Crippen LogP contribution in [0.1, 0.15) is 67.7 Å². The molecule has 1 fully saturated rings. The molecule has 0 aliphatic carbocycles. The summed E-state index contributed by atoms with van der Waals surface area (Å²) >= 11 is 0. The molecule has 0 aromatic rings. The van der Waals surface area contributed by atoms with Crippen LogP contribution in [0.5, 0.6) is 0 Å². The van der Waals surface area contributed by atoms with Gasteiger partial charge in [0.25, 0.3) is 0 Å². The standard InChI is InChI=1S/C14H28O/c1-8-12(5)11(4)15-14(7,10-3)13(12,6)9-2/h11H,8-10H2,1-7H3/t11?,12-,13?,14+/m0/s1. The molecular weight excluding hydrogens is 184 g/mol. The van der Waals surface area contributed by atoms with Crippen molar-refractivity contribution in [1.29, 1.82) is 0 Å². The zero-order valence-corrected chi connectivity index (χ0v) is 11.6. The predicted molar refractivity (Wildman–Crippen MR) is 66.0 cm³/mol. The van der Waals surface area contributed by atoms with E-state index >= 15 is 0 Å². The van der Waals surface area contributed by atoms with Gasteiger partial charge in [-0.3, -0.25) is 0 Å². The molecule has 0 radical (unpaired) electrons. The van der Waals surface area contributed by atoms with Crippen LogP contribution in [0.4, 0.5) is 0 Å². The fourth-order valence-corrected chi connectivity index (χ4v) is 3.63. The Morgan fingerprint density at radius 1 is 0.933 bits per heavy atom. The molecule has 15 heavy (non-hydrogen) atoms. The van der Waals surface area contributed by atoms with E-state index < -0.39 is 0 Å². The van der Waals surface area contributed by atoms with E-state index in [9.17, 15) is 0 Å². The van der Waals surface area contributed by atoms with Gasteiger partial charge >= 0.3 is 0 Å². The average molecular weight is 212 g/mol. The lowest BCUT2D eigenvalue weighted by molar-refractivity contribution is -0.0699. The fraction of sp³-hybridized carbons (Fsp3) is 1.00. The van der Waals surface area contributed by atoms with E-state index in [2.05, 4.69) is 48.5 Å². The summed E-state index contributed by atoms with van der Waals surface area (Å²) in [5.74, 6) is 0. The molecule has 1 aliphatic rings. The van der Waals surface area contributed by atoms with Gasteiger partial charge in [-0.05, 0) is 33.1 Å². The van der Waals surface area contributed by atoms with Crippen molar-refractivity contribution in [2.24, 2.45) is 10.8 Å². The van der Waals surface area contributed by atoms with Gasteiger partial charge in [-0.15, -0.1) is 0 Å². The molecule has 0 bridgehead atoms. The Kier molecular flexibility index (Phi) is 3.27. The van der Waals surface area contributed by atoms with Crippen LogP contribution < -0.4 is 0 Å². The molecule has 1 saturated heterocycles. The Morgan fingerprint density at radius 2 is 1.47 bits per heavy atom. The number of hydrogen-bond donors (Lipinski definition) is 0. The molecule has 1 heterocycles. The second-order valence-electron chi connectivity index (χ2n) is 5.80. The van der Waals surface area contributed by atoms with E-state index in [1.54, 1.807) is 0 Å². The lowest BCUT2D eigenvalue weighted by atomic mass is 9.55. The largest absolute Gasteiger partial charge is 0.371 e. The Morgan fingerprint density at radius 3 is 1.80 bits per heavy atom. The van der Waals surface area contributed by atoms with Crippen LogP contribution in [-0.2, 0) is 4.74 Å². The van der Waals surface area contributed by atoms with Gasteiger partial charge in [0.05, 0.1) is 11.7 Å². The van der Waals surface area contributed by atoms with Crippen molar-refractivity contribution in [2.75, 3.05) is 0 Å². The SMILES string of the molecule is CCC1(C)[C@@](C)(CC)OC(C)[C@]1(C)CC. The summed E-state index contributed by atoms with van der Waals surface area (Å²) in [6, 6.07) is 0. The lowest BCUT2D eigenvalue weighted by Crippen LogP contribution is -2.47. The van der Waals surface area contributed by atoms with E-state index in [0.717, 1.165) is 6.42 Å². The van der Waals surface area contributed by atoms with Crippen molar-refractivity contribution in [1.82, 2.24) is 0 Å². The Balaban J connectivity index is 3.22. The van der Waals surface area contributed by atoms with E-state index in [1.807, 2.05) is 0 Å². The maximum atomic E-state index is 6.31. The van der Waals surface area contributed by atoms with Crippen LogP contribution >= 0.6 is 0 Å². The molecule has 90 valence electrons.